The first-order chi connectivity index (χ1) is 9.87. The van der Waals surface area contributed by atoms with Gasteiger partial charge in [-0.1, -0.05) is 12.1 Å². The van der Waals surface area contributed by atoms with Crippen LogP contribution in [0.1, 0.15) is 13.8 Å². The van der Waals surface area contributed by atoms with E-state index in [0.717, 1.165) is 0 Å². The molecule has 2 aromatic rings. The van der Waals surface area contributed by atoms with Gasteiger partial charge < -0.3 is 10.5 Å². The second-order valence-electron chi connectivity index (χ2n) is 4.74. The number of nitrogens with zero attached hydrogens (tertiary/aromatic N) is 2. The van der Waals surface area contributed by atoms with Gasteiger partial charge in [0.15, 0.2) is 27.2 Å². The van der Waals surface area contributed by atoms with Crippen molar-refractivity contribution < 1.29 is 13.2 Å². The number of nitrogen functional groups attached to an aromatic ring is 1. The molecule has 2 rings (SSSR count). The van der Waals surface area contributed by atoms with Gasteiger partial charge >= 0.3 is 0 Å². The third-order valence-corrected chi connectivity index (χ3v) is 5.27. The molecular formula is C14H17N3O3S. The van der Waals surface area contributed by atoms with E-state index in [-0.39, 0.29) is 16.5 Å². The fourth-order valence-electron chi connectivity index (χ4n) is 1.82. The average Bonchev–Trinajstić information content (AvgIpc) is 2.47. The molecular weight excluding hydrogens is 290 g/mol. The van der Waals surface area contributed by atoms with E-state index < -0.39 is 15.1 Å². The van der Waals surface area contributed by atoms with Gasteiger partial charge in [-0.15, -0.1) is 0 Å². The molecule has 0 aliphatic carbocycles. The molecule has 6 nitrogen and oxygen atoms in total. The van der Waals surface area contributed by atoms with Crippen LogP contribution in [-0.2, 0) is 9.84 Å². The van der Waals surface area contributed by atoms with Gasteiger partial charge in [0.05, 0.1) is 23.5 Å². The van der Waals surface area contributed by atoms with Crippen molar-refractivity contribution >= 4 is 15.7 Å². The molecule has 7 heteroatoms. The fourth-order valence-corrected chi connectivity index (χ4v) is 3.07. The van der Waals surface area contributed by atoms with Crippen LogP contribution in [0.2, 0.25) is 0 Å². The Kier molecular flexibility index (Phi) is 4.13. The minimum atomic E-state index is -3.44. The van der Waals surface area contributed by atoms with E-state index in [0.29, 0.717) is 11.3 Å². The number of benzene rings is 1. The van der Waals surface area contributed by atoms with Gasteiger partial charge in [0.25, 0.3) is 0 Å². The average molecular weight is 307 g/mol. The van der Waals surface area contributed by atoms with E-state index in [4.69, 9.17) is 10.5 Å². The molecule has 0 aliphatic heterocycles. The largest absolute Gasteiger partial charge is 0.491 e. The standard InChI is InChI=1S/C14H17N3O3S/c1-9(2)21(18,19)12-7-5-4-6-10(12)14-16-8-11(20-3)13(15)17-14/h4-9H,1-3H3,(H2,15,16,17). The Labute approximate surface area is 123 Å². The zero-order valence-corrected chi connectivity index (χ0v) is 12.9. The summed E-state index contributed by atoms with van der Waals surface area (Å²) in [5.74, 6) is 0.773. The highest BCUT2D eigenvalue weighted by Gasteiger charge is 2.24. The first-order valence-corrected chi connectivity index (χ1v) is 7.92. The van der Waals surface area contributed by atoms with Gasteiger partial charge in [-0.2, -0.15) is 0 Å². The van der Waals surface area contributed by atoms with Crippen molar-refractivity contribution in [2.24, 2.45) is 0 Å². The van der Waals surface area contributed by atoms with E-state index in [9.17, 15) is 8.42 Å². The number of nitrogens with two attached hydrogens (primary N) is 1. The lowest BCUT2D eigenvalue weighted by Gasteiger charge is -2.12. The third kappa shape index (κ3) is 2.82. The summed E-state index contributed by atoms with van der Waals surface area (Å²) >= 11 is 0. The smallest absolute Gasteiger partial charge is 0.181 e. The summed E-state index contributed by atoms with van der Waals surface area (Å²) in [7, 11) is -1.97. The molecule has 0 unspecified atom stereocenters. The van der Waals surface area contributed by atoms with Gasteiger partial charge in [0, 0.05) is 5.56 Å². The van der Waals surface area contributed by atoms with Gasteiger partial charge in [-0.05, 0) is 26.0 Å². The maximum Gasteiger partial charge on any atom is 0.181 e. The van der Waals surface area contributed by atoms with Crippen LogP contribution in [0.5, 0.6) is 5.75 Å². The monoisotopic (exact) mass is 307 g/mol. The van der Waals surface area contributed by atoms with Crippen molar-refractivity contribution in [3.63, 3.8) is 0 Å². The highest BCUT2D eigenvalue weighted by Crippen LogP contribution is 2.29. The highest BCUT2D eigenvalue weighted by atomic mass is 32.2. The van der Waals surface area contributed by atoms with Gasteiger partial charge in [0.1, 0.15) is 0 Å². The number of aromatic nitrogens is 2. The first kappa shape index (κ1) is 15.2. The SMILES string of the molecule is COc1cnc(-c2ccccc2S(=O)(=O)C(C)C)nc1N. The summed E-state index contributed by atoms with van der Waals surface area (Å²) in [5, 5.41) is -0.533. The molecule has 0 fully saturated rings. The molecule has 1 heterocycles. The minimum Gasteiger partial charge on any atom is -0.491 e. The number of anilines is 1. The van der Waals surface area contributed by atoms with E-state index in [2.05, 4.69) is 9.97 Å². The molecule has 0 aliphatic rings. The van der Waals surface area contributed by atoms with Crippen LogP contribution in [-0.4, -0.2) is 30.7 Å². The molecule has 2 N–H and O–H groups in total. The van der Waals surface area contributed by atoms with Crippen LogP contribution in [0.15, 0.2) is 35.4 Å². The summed E-state index contributed by atoms with van der Waals surface area (Å²) in [6.07, 6.45) is 1.43. The molecule has 112 valence electrons. The predicted molar refractivity (Wildman–Crippen MR) is 80.8 cm³/mol. The zero-order chi connectivity index (χ0) is 15.6. The van der Waals surface area contributed by atoms with Crippen molar-refractivity contribution in [2.45, 2.75) is 24.0 Å². The van der Waals surface area contributed by atoms with Crippen molar-refractivity contribution in [3.05, 3.63) is 30.5 Å². The molecule has 0 saturated heterocycles. The van der Waals surface area contributed by atoms with Crippen LogP contribution >= 0.6 is 0 Å². The predicted octanol–water partition coefficient (Wildman–Crippen LogP) is 1.92. The molecule has 0 atom stereocenters. The number of hydrogen-bond acceptors (Lipinski definition) is 6. The van der Waals surface area contributed by atoms with Gasteiger partial charge in [-0.3, -0.25) is 0 Å². The topological polar surface area (TPSA) is 95.2 Å². The Bertz CT molecular complexity index is 758. The molecule has 0 saturated carbocycles. The molecule has 0 amide bonds. The minimum absolute atomic E-state index is 0.166. The molecule has 0 bridgehead atoms. The summed E-state index contributed by atoms with van der Waals surface area (Å²) in [6, 6.07) is 6.62. The van der Waals surface area contributed by atoms with Crippen LogP contribution in [0.4, 0.5) is 5.82 Å². The fraction of sp³-hybridized carbons (Fsp3) is 0.286. The quantitative estimate of drug-likeness (QED) is 0.927. The number of rotatable bonds is 4. The second-order valence-corrected chi connectivity index (χ2v) is 7.21. The number of ether oxygens (including phenoxy) is 1. The summed E-state index contributed by atoms with van der Waals surface area (Å²) in [6.45, 7) is 3.27. The lowest BCUT2D eigenvalue weighted by Crippen LogP contribution is -2.15. The normalized spacial score (nSPS) is 11.6. The third-order valence-electron chi connectivity index (χ3n) is 3.06. The summed E-state index contributed by atoms with van der Waals surface area (Å²) in [4.78, 5) is 8.46. The number of sulfone groups is 1. The van der Waals surface area contributed by atoms with E-state index >= 15 is 0 Å². The Hall–Kier alpha value is -2.15. The number of hydrogen-bond donors (Lipinski definition) is 1. The second kappa shape index (κ2) is 5.69. The van der Waals surface area contributed by atoms with Crippen LogP contribution in [0.25, 0.3) is 11.4 Å². The van der Waals surface area contributed by atoms with E-state index in [1.54, 1.807) is 38.1 Å². The zero-order valence-electron chi connectivity index (χ0n) is 12.1. The number of methoxy groups -OCH3 is 1. The van der Waals surface area contributed by atoms with Crippen molar-refractivity contribution in [2.75, 3.05) is 12.8 Å². The molecule has 0 spiro atoms. The first-order valence-electron chi connectivity index (χ1n) is 6.37. The Morgan fingerprint density at radius 2 is 1.90 bits per heavy atom. The van der Waals surface area contributed by atoms with Gasteiger partial charge in [0.2, 0.25) is 0 Å². The molecule has 21 heavy (non-hydrogen) atoms. The Balaban J connectivity index is 2.64. The van der Waals surface area contributed by atoms with Crippen LogP contribution in [0, 0.1) is 0 Å². The summed E-state index contributed by atoms with van der Waals surface area (Å²) < 4.78 is 29.8. The van der Waals surface area contributed by atoms with Crippen LogP contribution < -0.4 is 10.5 Å². The maximum atomic E-state index is 12.4. The molecule has 1 aromatic carbocycles. The maximum absolute atomic E-state index is 12.4. The van der Waals surface area contributed by atoms with Crippen molar-refractivity contribution in [1.29, 1.82) is 0 Å². The highest BCUT2D eigenvalue weighted by molar-refractivity contribution is 7.92. The Morgan fingerprint density at radius 3 is 2.48 bits per heavy atom. The van der Waals surface area contributed by atoms with Crippen molar-refractivity contribution in [1.82, 2.24) is 9.97 Å². The van der Waals surface area contributed by atoms with E-state index in [1.807, 2.05) is 0 Å². The van der Waals surface area contributed by atoms with Gasteiger partial charge in [-0.25, -0.2) is 18.4 Å². The van der Waals surface area contributed by atoms with Crippen LogP contribution in [0.3, 0.4) is 0 Å². The lowest BCUT2D eigenvalue weighted by molar-refractivity contribution is 0.413. The van der Waals surface area contributed by atoms with E-state index in [1.165, 1.54) is 13.3 Å². The van der Waals surface area contributed by atoms with Crippen molar-refractivity contribution in [3.8, 4) is 17.1 Å². The molecule has 1 aromatic heterocycles. The lowest BCUT2D eigenvalue weighted by atomic mass is 10.2. The molecule has 0 radical (unpaired) electrons. The Morgan fingerprint density at radius 1 is 1.24 bits per heavy atom. The summed E-state index contributed by atoms with van der Waals surface area (Å²) in [5.41, 5.74) is 6.19.